The maximum Gasteiger partial charge on any atom is 0.142 e. The molecule has 90 valence electrons. The molecule has 1 aromatic rings. The lowest BCUT2D eigenvalue weighted by Crippen LogP contribution is -2.28. The second kappa shape index (κ2) is 6.03. The maximum absolute atomic E-state index is 13.2. The summed E-state index contributed by atoms with van der Waals surface area (Å²) in [5.41, 5.74) is 5.55. The first kappa shape index (κ1) is 13.2. The van der Waals surface area contributed by atoms with Gasteiger partial charge < -0.3 is 10.8 Å². The van der Waals surface area contributed by atoms with E-state index in [1.165, 1.54) is 0 Å². The summed E-state index contributed by atoms with van der Waals surface area (Å²) in [5, 5.41) is 8.61. The Morgan fingerprint density at radius 3 is 2.69 bits per heavy atom. The fourth-order valence-electron chi connectivity index (χ4n) is 1.19. The molecule has 0 aliphatic rings. The van der Waals surface area contributed by atoms with Gasteiger partial charge >= 0.3 is 0 Å². The molecule has 3 nitrogen and oxygen atoms in total. The van der Waals surface area contributed by atoms with Crippen LogP contribution < -0.4 is 5.73 Å². The molecule has 0 saturated carbocycles. The van der Waals surface area contributed by atoms with Gasteiger partial charge in [-0.1, -0.05) is 0 Å². The van der Waals surface area contributed by atoms with E-state index in [4.69, 9.17) is 10.8 Å². The van der Waals surface area contributed by atoms with Gasteiger partial charge in [-0.15, -0.1) is 0 Å². The second-order valence-corrected chi connectivity index (χ2v) is 4.82. The number of hydrogen-bond acceptors (Lipinski definition) is 3. The Morgan fingerprint density at radius 2 is 2.12 bits per heavy atom. The summed E-state index contributed by atoms with van der Waals surface area (Å²) in [6, 6.07) is 2.42. The molecule has 0 aromatic heterocycles. The Labute approximate surface area is 94.7 Å². The number of rotatable bonds is 5. The molecule has 2 unspecified atom stereocenters. The van der Waals surface area contributed by atoms with Gasteiger partial charge in [0.1, 0.15) is 11.6 Å². The molecular weight excluding hydrogens is 236 g/mol. The fourth-order valence-corrected chi connectivity index (χ4v) is 2.42. The highest BCUT2D eigenvalue weighted by Crippen LogP contribution is 2.14. The fraction of sp³-hybridized carbons (Fsp3) is 0.400. The van der Waals surface area contributed by atoms with Crippen LogP contribution >= 0.6 is 0 Å². The number of halogens is 2. The van der Waals surface area contributed by atoms with Crippen molar-refractivity contribution in [3.05, 3.63) is 29.8 Å². The Kier molecular flexibility index (Phi) is 4.98. The van der Waals surface area contributed by atoms with Crippen LogP contribution in [0.1, 0.15) is 6.42 Å². The average molecular weight is 249 g/mol. The molecule has 0 amide bonds. The minimum Gasteiger partial charge on any atom is -0.396 e. The molecule has 6 heteroatoms. The summed E-state index contributed by atoms with van der Waals surface area (Å²) in [4.78, 5) is -0.0604. The molecule has 0 heterocycles. The third-order valence-corrected chi connectivity index (χ3v) is 3.56. The molecule has 0 radical (unpaired) electrons. The lowest BCUT2D eigenvalue weighted by molar-refractivity contribution is 0.279. The number of aliphatic hydroxyl groups is 1. The van der Waals surface area contributed by atoms with E-state index < -0.39 is 28.5 Å². The third-order valence-electron chi connectivity index (χ3n) is 2.00. The Morgan fingerprint density at radius 1 is 1.44 bits per heavy atom. The van der Waals surface area contributed by atoms with Gasteiger partial charge in [0, 0.05) is 24.5 Å². The van der Waals surface area contributed by atoms with Gasteiger partial charge in [-0.3, -0.25) is 4.21 Å². The van der Waals surface area contributed by atoms with Crippen molar-refractivity contribution in [2.24, 2.45) is 5.73 Å². The standard InChI is InChI=1S/C10H13F2NO2S/c11-7-1-2-10(9(12)5-7)16(15)6-8(13)3-4-14/h1-2,5,8,14H,3-4,6,13H2. The lowest BCUT2D eigenvalue weighted by atomic mass is 10.3. The molecular formula is C10H13F2NO2S. The summed E-state index contributed by atoms with van der Waals surface area (Å²) < 4.78 is 37.5. The van der Waals surface area contributed by atoms with Crippen LogP contribution in [0.4, 0.5) is 8.78 Å². The van der Waals surface area contributed by atoms with E-state index >= 15 is 0 Å². The van der Waals surface area contributed by atoms with Crippen molar-refractivity contribution in [2.45, 2.75) is 17.4 Å². The summed E-state index contributed by atoms with van der Waals surface area (Å²) in [6.45, 7) is -0.107. The zero-order chi connectivity index (χ0) is 12.1. The van der Waals surface area contributed by atoms with Gasteiger partial charge in [-0.05, 0) is 18.6 Å². The number of hydrogen-bond donors (Lipinski definition) is 2. The summed E-state index contributed by atoms with van der Waals surface area (Å²) >= 11 is 0. The smallest absolute Gasteiger partial charge is 0.142 e. The van der Waals surface area contributed by atoms with Gasteiger partial charge in [0.15, 0.2) is 0 Å². The molecule has 2 atom stereocenters. The molecule has 3 N–H and O–H groups in total. The largest absolute Gasteiger partial charge is 0.396 e. The molecule has 1 rings (SSSR count). The maximum atomic E-state index is 13.2. The minimum atomic E-state index is -1.61. The Bertz CT molecular complexity index is 387. The van der Waals surface area contributed by atoms with Crippen LogP contribution in [0.3, 0.4) is 0 Å². The molecule has 16 heavy (non-hydrogen) atoms. The third kappa shape index (κ3) is 3.62. The summed E-state index contributed by atoms with van der Waals surface area (Å²) in [5.74, 6) is -1.50. The number of nitrogens with two attached hydrogens (primary N) is 1. The Hall–Kier alpha value is -0.850. The van der Waals surface area contributed by atoms with E-state index in [1.807, 2.05) is 0 Å². The molecule has 0 bridgehead atoms. The molecule has 0 aliphatic heterocycles. The zero-order valence-electron chi connectivity index (χ0n) is 8.53. The van der Waals surface area contributed by atoms with E-state index in [-0.39, 0.29) is 17.3 Å². The highest BCUT2D eigenvalue weighted by atomic mass is 32.2. The summed E-state index contributed by atoms with van der Waals surface area (Å²) in [7, 11) is -1.61. The van der Waals surface area contributed by atoms with E-state index in [1.54, 1.807) is 0 Å². The van der Waals surface area contributed by atoms with Crippen molar-refractivity contribution in [2.75, 3.05) is 12.4 Å². The van der Waals surface area contributed by atoms with Crippen LogP contribution in [0, 0.1) is 11.6 Å². The Balaban J connectivity index is 2.73. The van der Waals surface area contributed by atoms with E-state index in [2.05, 4.69) is 0 Å². The molecule has 0 aliphatic carbocycles. The highest BCUT2D eigenvalue weighted by molar-refractivity contribution is 7.85. The second-order valence-electron chi connectivity index (χ2n) is 3.36. The lowest BCUT2D eigenvalue weighted by Gasteiger charge is -2.09. The number of benzene rings is 1. The van der Waals surface area contributed by atoms with Gasteiger partial charge in [0.25, 0.3) is 0 Å². The minimum absolute atomic E-state index is 0.0448. The van der Waals surface area contributed by atoms with Crippen LogP contribution in [0.15, 0.2) is 23.1 Å². The van der Waals surface area contributed by atoms with Crippen LogP contribution in [-0.4, -0.2) is 27.7 Å². The van der Waals surface area contributed by atoms with Crippen LogP contribution in [-0.2, 0) is 10.8 Å². The average Bonchev–Trinajstić information content (AvgIpc) is 2.17. The molecule has 0 spiro atoms. The first-order valence-corrected chi connectivity index (χ1v) is 6.06. The van der Waals surface area contributed by atoms with Crippen molar-refractivity contribution >= 4 is 10.8 Å². The zero-order valence-corrected chi connectivity index (χ0v) is 9.34. The quantitative estimate of drug-likeness (QED) is 0.810. The van der Waals surface area contributed by atoms with E-state index in [0.29, 0.717) is 12.5 Å². The van der Waals surface area contributed by atoms with Crippen LogP contribution in [0.2, 0.25) is 0 Å². The van der Waals surface area contributed by atoms with E-state index in [9.17, 15) is 13.0 Å². The van der Waals surface area contributed by atoms with Crippen molar-refractivity contribution in [1.29, 1.82) is 0 Å². The van der Waals surface area contributed by atoms with Crippen LogP contribution in [0.5, 0.6) is 0 Å². The summed E-state index contributed by atoms with van der Waals surface area (Å²) in [6.07, 6.45) is 0.300. The molecule has 1 aromatic carbocycles. The van der Waals surface area contributed by atoms with Crippen molar-refractivity contribution in [1.82, 2.24) is 0 Å². The first-order chi connectivity index (χ1) is 7.54. The highest BCUT2D eigenvalue weighted by Gasteiger charge is 2.14. The van der Waals surface area contributed by atoms with Crippen molar-refractivity contribution in [3.63, 3.8) is 0 Å². The first-order valence-electron chi connectivity index (χ1n) is 4.74. The van der Waals surface area contributed by atoms with Gasteiger partial charge in [-0.25, -0.2) is 8.78 Å². The topological polar surface area (TPSA) is 63.3 Å². The molecule has 0 saturated heterocycles. The number of aliphatic hydroxyl groups excluding tert-OH is 1. The predicted octanol–water partition coefficient (Wildman–Crippen LogP) is 0.782. The predicted molar refractivity (Wildman–Crippen MR) is 57.3 cm³/mol. The van der Waals surface area contributed by atoms with Gasteiger partial charge in [0.05, 0.1) is 15.7 Å². The molecule has 0 fully saturated rings. The normalized spacial score (nSPS) is 14.8. The van der Waals surface area contributed by atoms with Crippen molar-refractivity contribution in [3.8, 4) is 0 Å². The monoisotopic (exact) mass is 249 g/mol. The van der Waals surface area contributed by atoms with Crippen molar-refractivity contribution < 1.29 is 18.1 Å². The van der Waals surface area contributed by atoms with Crippen LogP contribution in [0.25, 0.3) is 0 Å². The SMILES string of the molecule is NC(CCO)CS(=O)c1ccc(F)cc1F. The van der Waals surface area contributed by atoms with E-state index in [0.717, 1.165) is 12.1 Å². The van der Waals surface area contributed by atoms with Gasteiger partial charge in [0.2, 0.25) is 0 Å². The van der Waals surface area contributed by atoms with Gasteiger partial charge in [-0.2, -0.15) is 0 Å².